The van der Waals surface area contributed by atoms with Gasteiger partial charge in [0.25, 0.3) is 0 Å². The third-order valence-electron chi connectivity index (χ3n) is 3.13. The van der Waals surface area contributed by atoms with E-state index in [1.807, 2.05) is 6.07 Å². The van der Waals surface area contributed by atoms with Crippen molar-refractivity contribution < 1.29 is 23.5 Å². The third-order valence-corrected chi connectivity index (χ3v) is 3.13. The normalized spacial score (nSPS) is 14.7. The molecular formula is C16H22FNO4. The van der Waals surface area contributed by atoms with Gasteiger partial charge < -0.3 is 15.2 Å². The Morgan fingerprint density at radius 3 is 2.36 bits per heavy atom. The lowest BCUT2D eigenvalue weighted by Crippen LogP contribution is -2.38. The molecule has 0 saturated heterocycles. The number of alkyl halides is 1. The van der Waals surface area contributed by atoms with Gasteiger partial charge in [-0.1, -0.05) is 30.3 Å². The van der Waals surface area contributed by atoms with E-state index in [-0.39, 0.29) is 26.2 Å². The van der Waals surface area contributed by atoms with Crippen LogP contribution < -0.4 is 5.73 Å². The van der Waals surface area contributed by atoms with Crippen molar-refractivity contribution in [1.29, 1.82) is 0 Å². The first-order chi connectivity index (χ1) is 10.4. The van der Waals surface area contributed by atoms with Crippen LogP contribution >= 0.6 is 0 Å². The molecule has 2 N–H and O–H groups in total. The quantitative estimate of drug-likeness (QED) is 0.587. The van der Waals surface area contributed by atoms with Crippen LogP contribution in [0.25, 0.3) is 0 Å². The van der Waals surface area contributed by atoms with E-state index in [0.717, 1.165) is 5.56 Å². The summed E-state index contributed by atoms with van der Waals surface area (Å²) >= 11 is 0. The summed E-state index contributed by atoms with van der Waals surface area (Å²) in [6.07, 6.45) is -0.365. The molecule has 5 nitrogen and oxygen atoms in total. The summed E-state index contributed by atoms with van der Waals surface area (Å²) in [6, 6.07) is 9.01. The molecule has 0 aliphatic rings. The summed E-state index contributed by atoms with van der Waals surface area (Å²) in [5.41, 5.74) is 4.25. The molecule has 0 aliphatic carbocycles. The molecule has 0 spiro atoms. The summed E-state index contributed by atoms with van der Waals surface area (Å²) in [5.74, 6) is -2.92. The van der Waals surface area contributed by atoms with Crippen LogP contribution in [0.5, 0.6) is 0 Å². The van der Waals surface area contributed by atoms with Crippen molar-refractivity contribution >= 4 is 11.9 Å². The van der Waals surface area contributed by atoms with E-state index in [1.165, 1.54) is 6.92 Å². The van der Waals surface area contributed by atoms with Crippen LogP contribution in [0.3, 0.4) is 0 Å². The van der Waals surface area contributed by atoms with Crippen LogP contribution in [-0.4, -0.2) is 30.8 Å². The van der Waals surface area contributed by atoms with E-state index in [2.05, 4.69) is 0 Å². The Bertz CT molecular complexity index is 490. The van der Waals surface area contributed by atoms with Crippen LogP contribution in [0.1, 0.15) is 25.8 Å². The second kappa shape index (κ2) is 8.48. The minimum absolute atomic E-state index is 0.0151. The molecule has 0 heterocycles. The lowest BCUT2D eigenvalue weighted by molar-refractivity contribution is -0.164. The highest BCUT2D eigenvalue weighted by molar-refractivity contribution is 5.95. The lowest BCUT2D eigenvalue weighted by Gasteiger charge is -2.22. The van der Waals surface area contributed by atoms with Crippen molar-refractivity contribution in [1.82, 2.24) is 0 Å². The largest absolute Gasteiger partial charge is 0.465 e. The maximum Gasteiger partial charge on any atom is 0.320 e. The third kappa shape index (κ3) is 5.81. The van der Waals surface area contributed by atoms with Gasteiger partial charge in [-0.05, 0) is 19.4 Å². The number of rotatable bonds is 8. The number of benzene rings is 1. The molecule has 2 atom stereocenters. The van der Waals surface area contributed by atoms with Crippen molar-refractivity contribution in [3.05, 3.63) is 35.9 Å². The minimum Gasteiger partial charge on any atom is -0.465 e. The van der Waals surface area contributed by atoms with Gasteiger partial charge in [-0.3, -0.25) is 9.59 Å². The van der Waals surface area contributed by atoms with Gasteiger partial charge in [0, 0.05) is 13.0 Å². The van der Waals surface area contributed by atoms with Crippen LogP contribution in [0.4, 0.5) is 4.39 Å². The number of esters is 2. The van der Waals surface area contributed by atoms with E-state index in [1.54, 1.807) is 31.2 Å². The van der Waals surface area contributed by atoms with E-state index in [4.69, 9.17) is 15.2 Å². The summed E-state index contributed by atoms with van der Waals surface area (Å²) in [5, 5.41) is 0. The Labute approximate surface area is 129 Å². The van der Waals surface area contributed by atoms with Crippen LogP contribution in [0.2, 0.25) is 0 Å². The van der Waals surface area contributed by atoms with Gasteiger partial charge in [0.2, 0.25) is 0 Å². The Morgan fingerprint density at radius 1 is 1.23 bits per heavy atom. The SMILES string of the molecule is CCOC(=O)C(CC(C)(F)CN)C(=O)OCc1ccccc1. The second-order valence-corrected chi connectivity index (χ2v) is 5.22. The molecule has 0 aliphatic heterocycles. The number of hydrogen-bond donors (Lipinski definition) is 1. The summed E-state index contributed by atoms with van der Waals surface area (Å²) in [7, 11) is 0. The Morgan fingerprint density at radius 2 is 1.82 bits per heavy atom. The maximum absolute atomic E-state index is 14.1. The van der Waals surface area contributed by atoms with E-state index < -0.39 is 23.5 Å². The van der Waals surface area contributed by atoms with Gasteiger partial charge in [0.05, 0.1) is 6.61 Å². The first-order valence-corrected chi connectivity index (χ1v) is 7.16. The molecule has 122 valence electrons. The van der Waals surface area contributed by atoms with Gasteiger partial charge in [-0.2, -0.15) is 0 Å². The molecule has 0 bridgehead atoms. The smallest absolute Gasteiger partial charge is 0.320 e. The second-order valence-electron chi connectivity index (χ2n) is 5.22. The molecular weight excluding hydrogens is 289 g/mol. The summed E-state index contributed by atoms with van der Waals surface area (Å²) < 4.78 is 24.0. The highest BCUT2D eigenvalue weighted by Crippen LogP contribution is 2.23. The van der Waals surface area contributed by atoms with Gasteiger partial charge >= 0.3 is 11.9 Å². The molecule has 0 radical (unpaired) electrons. The van der Waals surface area contributed by atoms with Crippen molar-refractivity contribution in [3.8, 4) is 0 Å². The molecule has 6 heteroatoms. The van der Waals surface area contributed by atoms with Crippen molar-refractivity contribution in [3.63, 3.8) is 0 Å². The first kappa shape index (κ1) is 18.1. The Balaban J connectivity index is 2.72. The molecule has 1 rings (SSSR count). The van der Waals surface area contributed by atoms with Gasteiger partial charge in [-0.15, -0.1) is 0 Å². The zero-order valence-corrected chi connectivity index (χ0v) is 12.9. The number of halogens is 1. The number of carbonyl (C=O) groups excluding carboxylic acids is 2. The minimum atomic E-state index is -1.84. The van der Waals surface area contributed by atoms with Crippen LogP contribution in [0, 0.1) is 5.92 Å². The topological polar surface area (TPSA) is 78.6 Å². The molecule has 22 heavy (non-hydrogen) atoms. The highest BCUT2D eigenvalue weighted by atomic mass is 19.1. The number of nitrogens with two attached hydrogens (primary N) is 1. The molecule has 0 amide bonds. The van der Waals surface area contributed by atoms with E-state index in [0.29, 0.717) is 0 Å². The number of hydrogen-bond acceptors (Lipinski definition) is 5. The maximum atomic E-state index is 14.1. The van der Waals surface area contributed by atoms with Crippen molar-refractivity contribution in [2.45, 2.75) is 32.5 Å². The van der Waals surface area contributed by atoms with Gasteiger partial charge in [-0.25, -0.2) is 4.39 Å². The average molecular weight is 311 g/mol. The predicted octanol–water partition coefficient (Wildman–Crippen LogP) is 1.99. The molecule has 2 unspecified atom stereocenters. The molecule has 0 aromatic heterocycles. The fourth-order valence-electron chi connectivity index (χ4n) is 1.84. The standard InChI is InChI=1S/C16H22FNO4/c1-3-21-14(19)13(9-16(2,17)11-18)15(20)22-10-12-7-5-4-6-8-12/h4-8,13H,3,9-11,18H2,1-2H3. The first-order valence-electron chi connectivity index (χ1n) is 7.16. The zero-order chi connectivity index (χ0) is 16.6. The Kier molecular flexibility index (Phi) is 6.98. The molecule has 0 fully saturated rings. The fraction of sp³-hybridized carbons (Fsp3) is 0.500. The predicted molar refractivity (Wildman–Crippen MR) is 79.5 cm³/mol. The van der Waals surface area contributed by atoms with Crippen LogP contribution in [0.15, 0.2) is 30.3 Å². The van der Waals surface area contributed by atoms with Gasteiger partial charge in [0.15, 0.2) is 5.92 Å². The number of carbonyl (C=O) groups is 2. The highest BCUT2D eigenvalue weighted by Gasteiger charge is 2.37. The van der Waals surface area contributed by atoms with Gasteiger partial charge in [0.1, 0.15) is 12.3 Å². The van der Waals surface area contributed by atoms with Crippen molar-refractivity contribution in [2.24, 2.45) is 11.7 Å². The van der Waals surface area contributed by atoms with Crippen molar-refractivity contribution in [2.75, 3.05) is 13.2 Å². The Hall–Kier alpha value is -1.95. The average Bonchev–Trinajstić information content (AvgIpc) is 2.51. The molecule has 1 aromatic rings. The molecule has 1 aromatic carbocycles. The number of ether oxygens (including phenoxy) is 2. The van der Waals surface area contributed by atoms with E-state index in [9.17, 15) is 14.0 Å². The fourth-order valence-corrected chi connectivity index (χ4v) is 1.84. The zero-order valence-electron chi connectivity index (χ0n) is 12.9. The summed E-state index contributed by atoms with van der Waals surface area (Å²) in [4.78, 5) is 24.0. The monoisotopic (exact) mass is 311 g/mol. The molecule has 0 saturated carbocycles. The summed E-state index contributed by atoms with van der Waals surface area (Å²) in [6.45, 7) is 2.68. The lowest BCUT2D eigenvalue weighted by atomic mass is 9.93. The van der Waals surface area contributed by atoms with E-state index >= 15 is 0 Å². The van der Waals surface area contributed by atoms with Crippen LogP contribution in [-0.2, 0) is 25.7 Å².